The second-order valence-electron chi connectivity index (χ2n) is 5.16. The van der Waals surface area contributed by atoms with Crippen molar-refractivity contribution in [2.45, 2.75) is 18.5 Å². The van der Waals surface area contributed by atoms with Crippen LogP contribution >= 0.6 is 11.3 Å². The summed E-state index contributed by atoms with van der Waals surface area (Å²) in [6, 6.07) is 1.96. The molecule has 2 unspecified atom stereocenters. The second-order valence-corrected chi connectivity index (χ2v) is 5.94. The van der Waals surface area contributed by atoms with E-state index in [0.717, 1.165) is 11.1 Å². The number of rotatable bonds is 6. The molecule has 4 nitrogen and oxygen atoms in total. The Labute approximate surface area is 123 Å². The number of nitrogens with two attached hydrogens (primary N) is 1. The first-order chi connectivity index (χ1) is 9.60. The number of hydrogen-bond acceptors (Lipinski definition) is 5. The lowest BCUT2D eigenvalue weighted by molar-refractivity contribution is 0.114. The molecule has 1 aliphatic carbocycles. The van der Waals surface area contributed by atoms with E-state index in [4.69, 9.17) is 5.73 Å². The Morgan fingerprint density at radius 1 is 1.35 bits per heavy atom. The Bertz CT molecular complexity index is 478. The minimum atomic E-state index is -0.335. The molecule has 1 aliphatic rings. The SMILES string of the molecule is CC1(N(CCO)CCO)C=CC(N)C(c2ccsc2)=C1. The van der Waals surface area contributed by atoms with Gasteiger partial charge in [-0.2, -0.15) is 11.3 Å². The van der Waals surface area contributed by atoms with Crippen LogP contribution in [0, 0.1) is 0 Å². The van der Waals surface area contributed by atoms with Crippen LogP contribution in [0.5, 0.6) is 0 Å². The standard InChI is InChI=1S/C15H22N2O2S/c1-15(17(5-7-18)6-8-19)4-2-14(16)13(10-15)12-3-9-20-11-12/h2-4,9-11,14,18-19H,5-8,16H2,1H3. The summed E-state index contributed by atoms with van der Waals surface area (Å²) in [5.41, 5.74) is 8.08. The van der Waals surface area contributed by atoms with Crippen molar-refractivity contribution < 1.29 is 10.2 Å². The number of aliphatic hydroxyl groups excluding tert-OH is 2. The third-order valence-corrected chi connectivity index (χ3v) is 4.41. The maximum absolute atomic E-state index is 9.22. The summed E-state index contributed by atoms with van der Waals surface area (Å²) in [6.45, 7) is 3.25. The maximum atomic E-state index is 9.22. The number of hydrogen-bond donors (Lipinski definition) is 3. The van der Waals surface area contributed by atoms with Crippen molar-refractivity contribution in [1.29, 1.82) is 0 Å². The fourth-order valence-electron chi connectivity index (χ4n) is 2.60. The minimum Gasteiger partial charge on any atom is -0.395 e. The summed E-state index contributed by atoms with van der Waals surface area (Å²) < 4.78 is 0. The zero-order valence-corrected chi connectivity index (χ0v) is 12.5. The highest BCUT2D eigenvalue weighted by Gasteiger charge is 2.31. The average molecular weight is 294 g/mol. The molecule has 2 rings (SSSR count). The molecule has 4 N–H and O–H groups in total. The highest BCUT2D eigenvalue weighted by atomic mass is 32.1. The van der Waals surface area contributed by atoms with E-state index in [1.54, 1.807) is 11.3 Å². The normalized spacial score (nSPS) is 26.1. The van der Waals surface area contributed by atoms with Gasteiger partial charge >= 0.3 is 0 Å². The molecule has 0 aliphatic heterocycles. The van der Waals surface area contributed by atoms with Crippen LogP contribution < -0.4 is 5.73 Å². The van der Waals surface area contributed by atoms with Gasteiger partial charge in [0.2, 0.25) is 0 Å². The van der Waals surface area contributed by atoms with Gasteiger partial charge in [0, 0.05) is 19.1 Å². The van der Waals surface area contributed by atoms with Crippen molar-refractivity contribution in [3.05, 3.63) is 40.6 Å². The van der Waals surface area contributed by atoms with E-state index in [1.807, 2.05) is 11.5 Å². The van der Waals surface area contributed by atoms with Gasteiger partial charge in [0.25, 0.3) is 0 Å². The van der Waals surface area contributed by atoms with Crippen molar-refractivity contribution in [2.75, 3.05) is 26.3 Å². The van der Waals surface area contributed by atoms with E-state index in [1.165, 1.54) is 0 Å². The lowest BCUT2D eigenvalue weighted by atomic mass is 9.85. The third kappa shape index (κ3) is 3.19. The van der Waals surface area contributed by atoms with Crippen LogP contribution in [-0.2, 0) is 0 Å². The number of nitrogens with zero attached hydrogens (tertiary/aromatic N) is 1. The van der Waals surface area contributed by atoms with Gasteiger partial charge in [-0.05, 0) is 34.9 Å². The molecule has 110 valence electrons. The fraction of sp³-hybridized carbons (Fsp3) is 0.467. The van der Waals surface area contributed by atoms with Gasteiger partial charge < -0.3 is 15.9 Å². The van der Waals surface area contributed by atoms with Crippen LogP contribution in [0.3, 0.4) is 0 Å². The van der Waals surface area contributed by atoms with E-state index >= 15 is 0 Å². The first kappa shape index (κ1) is 15.4. The predicted molar refractivity (Wildman–Crippen MR) is 83.6 cm³/mol. The van der Waals surface area contributed by atoms with E-state index in [9.17, 15) is 10.2 Å². The Kier molecular flexibility index (Phi) is 5.12. The topological polar surface area (TPSA) is 69.7 Å². The zero-order valence-electron chi connectivity index (χ0n) is 11.7. The quantitative estimate of drug-likeness (QED) is 0.687. The van der Waals surface area contributed by atoms with Crippen molar-refractivity contribution in [1.82, 2.24) is 4.90 Å². The fourth-order valence-corrected chi connectivity index (χ4v) is 3.26. The monoisotopic (exact) mass is 294 g/mol. The Hall–Kier alpha value is -0.980. The van der Waals surface area contributed by atoms with Crippen LogP contribution in [0.25, 0.3) is 5.57 Å². The molecule has 0 aromatic carbocycles. The summed E-state index contributed by atoms with van der Waals surface area (Å²) in [7, 11) is 0. The lowest BCUT2D eigenvalue weighted by Gasteiger charge is -2.39. The predicted octanol–water partition coefficient (Wildman–Crippen LogP) is 1.07. The second kappa shape index (κ2) is 6.65. The van der Waals surface area contributed by atoms with Crippen LogP contribution in [0.4, 0.5) is 0 Å². The van der Waals surface area contributed by atoms with Crippen LogP contribution in [-0.4, -0.2) is 53.0 Å². The van der Waals surface area contributed by atoms with E-state index < -0.39 is 0 Å². The largest absolute Gasteiger partial charge is 0.395 e. The summed E-state index contributed by atoms with van der Waals surface area (Å²) in [5, 5.41) is 22.6. The first-order valence-corrected chi connectivity index (χ1v) is 7.72. The Balaban J connectivity index is 2.32. The summed E-state index contributed by atoms with van der Waals surface area (Å²) in [4.78, 5) is 2.06. The number of thiophene rings is 1. The molecule has 0 radical (unpaired) electrons. The molecule has 0 saturated carbocycles. The van der Waals surface area contributed by atoms with Gasteiger partial charge in [-0.15, -0.1) is 0 Å². The number of aliphatic hydroxyl groups is 2. The third-order valence-electron chi connectivity index (χ3n) is 3.72. The molecule has 20 heavy (non-hydrogen) atoms. The highest BCUT2D eigenvalue weighted by Crippen LogP contribution is 2.31. The van der Waals surface area contributed by atoms with Gasteiger partial charge in [-0.3, -0.25) is 4.90 Å². The maximum Gasteiger partial charge on any atom is 0.0558 e. The van der Waals surface area contributed by atoms with Crippen molar-refractivity contribution in [3.63, 3.8) is 0 Å². The van der Waals surface area contributed by atoms with Crippen molar-refractivity contribution >= 4 is 16.9 Å². The minimum absolute atomic E-state index is 0.0666. The van der Waals surface area contributed by atoms with Crippen LogP contribution in [0.2, 0.25) is 0 Å². The molecule has 0 bridgehead atoms. The summed E-state index contributed by atoms with van der Waals surface area (Å²) in [5.74, 6) is 0. The molecular weight excluding hydrogens is 272 g/mol. The zero-order chi connectivity index (χ0) is 14.6. The summed E-state index contributed by atoms with van der Waals surface area (Å²) in [6.07, 6.45) is 6.19. The molecular formula is C15H22N2O2S. The average Bonchev–Trinajstić information content (AvgIpc) is 2.95. The van der Waals surface area contributed by atoms with Gasteiger partial charge in [0.05, 0.1) is 18.8 Å². The molecule has 1 aromatic heterocycles. The first-order valence-electron chi connectivity index (χ1n) is 6.78. The molecule has 1 aromatic rings. The van der Waals surface area contributed by atoms with Gasteiger partial charge in [0.1, 0.15) is 0 Å². The Morgan fingerprint density at radius 3 is 2.60 bits per heavy atom. The van der Waals surface area contributed by atoms with Crippen LogP contribution in [0.1, 0.15) is 12.5 Å². The molecule has 1 heterocycles. The molecule has 5 heteroatoms. The van der Waals surface area contributed by atoms with Crippen molar-refractivity contribution in [2.24, 2.45) is 5.73 Å². The van der Waals surface area contributed by atoms with Gasteiger partial charge in [-0.1, -0.05) is 18.2 Å². The smallest absolute Gasteiger partial charge is 0.0558 e. The molecule has 0 amide bonds. The van der Waals surface area contributed by atoms with Gasteiger partial charge in [-0.25, -0.2) is 0 Å². The Morgan fingerprint density at radius 2 is 2.05 bits per heavy atom. The molecule has 2 atom stereocenters. The van der Waals surface area contributed by atoms with Gasteiger partial charge in [0.15, 0.2) is 0 Å². The molecule has 0 spiro atoms. The highest BCUT2D eigenvalue weighted by molar-refractivity contribution is 7.08. The summed E-state index contributed by atoms with van der Waals surface area (Å²) >= 11 is 1.65. The number of β-amino-alcohol motifs (C(OH)–C–C–N with tert-alkyl or cyclic N) is 2. The van der Waals surface area contributed by atoms with Crippen LogP contribution in [0.15, 0.2) is 35.1 Å². The molecule has 0 saturated heterocycles. The van der Waals surface area contributed by atoms with Crippen molar-refractivity contribution in [3.8, 4) is 0 Å². The van der Waals surface area contributed by atoms with E-state index in [0.29, 0.717) is 13.1 Å². The lowest BCUT2D eigenvalue weighted by Crippen LogP contribution is -2.48. The van der Waals surface area contributed by atoms with E-state index in [-0.39, 0.29) is 24.8 Å². The van der Waals surface area contributed by atoms with E-state index in [2.05, 4.69) is 35.4 Å². The molecule has 0 fully saturated rings.